The Kier molecular flexibility index (Phi) is 3.90. The van der Waals surface area contributed by atoms with Crippen LogP contribution in [-0.2, 0) is 0 Å². The summed E-state index contributed by atoms with van der Waals surface area (Å²) in [6, 6.07) is 0.437. The first-order valence-corrected chi connectivity index (χ1v) is 6.51. The Hall–Kier alpha value is -0.940. The Balaban J connectivity index is 1.79. The quantitative estimate of drug-likeness (QED) is 0.836. The van der Waals surface area contributed by atoms with Crippen molar-refractivity contribution in [3.8, 4) is 0 Å². The van der Waals surface area contributed by atoms with Crippen molar-refractivity contribution >= 4 is 17.2 Å². The van der Waals surface area contributed by atoms with Crippen LogP contribution in [0, 0.1) is 6.92 Å². The second-order valence-electron chi connectivity index (χ2n) is 4.10. The molecule has 0 spiro atoms. The Labute approximate surface area is 99.5 Å². The lowest BCUT2D eigenvalue weighted by Crippen LogP contribution is -2.43. The minimum Gasteiger partial charge on any atom is -0.350 e. The smallest absolute Gasteiger partial charge is 0.263 e. The van der Waals surface area contributed by atoms with Crippen LogP contribution in [0.25, 0.3) is 0 Å². The van der Waals surface area contributed by atoms with Crippen LogP contribution in [0.4, 0.5) is 0 Å². The normalized spacial score (nSPS) is 20.7. The molecule has 2 rings (SSSR count). The molecule has 0 radical (unpaired) electrons. The highest BCUT2D eigenvalue weighted by Crippen LogP contribution is 2.11. The molecule has 1 saturated heterocycles. The van der Waals surface area contributed by atoms with Crippen molar-refractivity contribution in [3.05, 3.63) is 16.1 Å². The highest BCUT2D eigenvalue weighted by molar-refractivity contribution is 7.13. The highest BCUT2D eigenvalue weighted by atomic mass is 32.1. The van der Waals surface area contributed by atoms with E-state index in [0.717, 1.165) is 24.5 Å². The van der Waals surface area contributed by atoms with Crippen LogP contribution in [0.1, 0.15) is 33.9 Å². The fraction of sp³-hybridized carbons (Fsp3) is 0.636. The summed E-state index contributed by atoms with van der Waals surface area (Å²) in [6.07, 6.45) is 5.30. The zero-order valence-electron chi connectivity index (χ0n) is 9.45. The zero-order valence-corrected chi connectivity index (χ0v) is 10.3. The Bertz CT molecular complexity index is 358. The van der Waals surface area contributed by atoms with Gasteiger partial charge in [0.05, 0.1) is 11.2 Å². The third-order valence-corrected chi connectivity index (χ3v) is 3.68. The molecule has 1 aromatic rings. The SMILES string of the molecule is Cc1ncc(C(=O)NCC2CCCCN2)s1. The Morgan fingerprint density at radius 2 is 2.56 bits per heavy atom. The lowest BCUT2D eigenvalue weighted by Gasteiger charge is -2.23. The number of aryl methyl sites for hydroxylation is 1. The third kappa shape index (κ3) is 3.02. The van der Waals surface area contributed by atoms with E-state index in [9.17, 15) is 4.79 Å². The summed E-state index contributed by atoms with van der Waals surface area (Å²) in [6.45, 7) is 3.69. The fourth-order valence-corrected chi connectivity index (χ4v) is 2.56. The lowest BCUT2D eigenvalue weighted by molar-refractivity contribution is 0.0951. The maximum absolute atomic E-state index is 11.7. The van der Waals surface area contributed by atoms with Crippen molar-refractivity contribution in [1.82, 2.24) is 15.6 Å². The van der Waals surface area contributed by atoms with Gasteiger partial charge in [-0.15, -0.1) is 11.3 Å². The van der Waals surface area contributed by atoms with E-state index in [1.54, 1.807) is 6.20 Å². The molecule has 1 aromatic heterocycles. The highest BCUT2D eigenvalue weighted by Gasteiger charge is 2.14. The number of nitrogens with one attached hydrogen (secondary N) is 2. The largest absolute Gasteiger partial charge is 0.350 e. The molecule has 1 amide bonds. The molecule has 1 unspecified atom stereocenters. The van der Waals surface area contributed by atoms with Crippen LogP contribution >= 0.6 is 11.3 Å². The number of carbonyl (C=O) groups is 1. The number of nitrogens with zero attached hydrogens (tertiary/aromatic N) is 1. The van der Waals surface area contributed by atoms with E-state index in [1.165, 1.54) is 24.2 Å². The first kappa shape index (κ1) is 11.5. The molecular formula is C11H17N3OS. The Morgan fingerprint density at radius 3 is 3.19 bits per heavy atom. The summed E-state index contributed by atoms with van der Waals surface area (Å²) in [5, 5.41) is 7.29. The van der Waals surface area contributed by atoms with E-state index in [1.807, 2.05) is 6.92 Å². The first-order valence-electron chi connectivity index (χ1n) is 5.70. The van der Waals surface area contributed by atoms with E-state index < -0.39 is 0 Å². The summed E-state index contributed by atoms with van der Waals surface area (Å²) >= 11 is 1.44. The van der Waals surface area contributed by atoms with Crippen LogP contribution in [-0.4, -0.2) is 30.0 Å². The molecule has 0 aliphatic carbocycles. The molecule has 1 fully saturated rings. The van der Waals surface area contributed by atoms with Gasteiger partial charge in [0.25, 0.3) is 5.91 Å². The summed E-state index contributed by atoms with van der Waals surface area (Å²) < 4.78 is 0. The molecule has 5 heteroatoms. The van der Waals surface area contributed by atoms with Crippen molar-refractivity contribution in [2.45, 2.75) is 32.2 Å². The second-order valence-corrected chi connectivity index (χ2v) is 5.34. The van der Waals surface area contributed by atoms with E-state index in [2.05, 4.69) is 15.6 Å². The number of hydrogen-bond acceptors (Lipinski definition) is 4. The number of piperidine rings is 1. The van der Waals surface area contributed by atoms with Crippen molar-refractivity contribution in [1.29, 1.82) is 0 Å². The maximum Gasteiger partial charge on any atom is 0.263 e. The molecular weight excluding hydrogens is 222 g/mol. The topological polar surface area (TPSA) is 54.0 Å². The summed E-state index contributed by atoms with van der Waals surface area (Å²) in [5.41, 5.74) is 0. The molecule has 0 aromatic carbocycles. The lowest BCUT2D eigenvalue weighted by atomic mass is 10.1. The predicted molar refractivity (Wildman–Crippen MR) is 64.8 cm³/mol. The summed E-state index contributed by atoms with van der Waals surface area (Å²) in [5.74, 6) is -0.00188. The first-order chi connectivity index (χ1) is 7.75. The molecule has 16 heavy (non-hydrogen) atoms. The van der Waals surface area contributed by atoms with Crippen LogP contribution in [0.2, 0.25) is 0 Å². The summed E-state index contributed by atoms with van der Waals surface area (Å²) in [7, 11) is 0. The molecule has 2 heterocycles. The van der Waals surface area contributed by atoms with Gasteiger partial charge in [0, 0.05) is 12.6 Å². The molecule has 1 aliphatic heterocycles. The standard InChI is InChI=1S/C11H17N3OS/c1-8-13-7-10(16-8)11(15)14-6-9-4-2-3-5-12-9/h7,9,12H,2-6H2,1H3,(H,14,15). The minimum absolute atomic E-state index is 0.00188. The number of thiazole rings is 1. The van der Waals surface area contributed by atoms with E-state index in [0.29, 0.717) is 10.9 Å². The van der Waals surface area contributed by atoms with Gasteiger partial charge in [0.15, 0.2) is 0 Å². The van der Waals surface area contributed by atoms with E-state index >= 15 is 0 Å². The van der Waals surface area contributed by atoms with Gasteiger partial charge in [-0.3, -0.25) is 4.79 Å². The van der Waals surface area contributed by atoms with Crippen molar-refractivity contribution < 1.29 is 4.79 Å². The molecule has 0 bridgehead atoms. The minimum atomic E-state index is -0.00188. The van der Waals surface area contributed by atoms with Crippen LogP contribution in [0.5, 0.6) is 0 Å². The number of carbonyl (C=O) groups excluding carboxylic acids is 1. The number of rotatable bonds is 3. The van der Waals surface area contributed by atoms with Crippen molar-refractivity contribution in [2.75, 3.05) is 13.1 Å². The van der Waals surface area contributed by atoms with Gasteiger partial charge < -0.3 is 10.6 Å². The monoisotopic (exact) mass is 239 g/mol. The maximum atomic E-state index is 11.7. The van der Waals surface area contributed by atoms with E-state index in [4.69, 9.17) is 0 Å². The number of amides is 1. The summed E-state index contributed by atoms with van der Waals surface area (Å²) in [4.78, 5) is 16.5. The van der Waals surface area contributed by atoms with Gasteiger partial charge in [-0.1, -0.05) is 6.42 Å². The number of aromatic nitrogens is 1. The molecule has 1 aliphatic rings. The second kappa shape index (κ2) is 5.41. The molecule has 88 valence electrons. The van der Waals surface area contributed by atoms with Gasteiger partial charge in [-0.05, 0) is 26.3 Å². The molecule has 4 nitrogen and oxygen atoms in total. The average molecular weight is 239 g/mol. The molecule has 2 N–H and O–H groups in total. The van der Waals surface area contributed by atoms with Crippen molar-refractivity contribution in [2.24, 2.45) is 0 Å². The van der Waals surface area contributed by atoms with Crippen LogP contribution in [0.3, 0.4) is 0 Å². The third-order valence-electron chi connectivity index (χ3n) is 2.77. The average Bonchev–Trinajstić information content (AvgIpc) is 2.74. The van der Waals surface area contributed by atoms with Gasteiger partial charge in [-0.2, -0.15) is 0 Å². The molecule has 1 atom stereocenters. The zero-order chi connectivity index (χ0) is 11.4. The van der Waals surface area contributed by atoms with Gasteiger partial charge in [-0.25, -0.2) is 4.98 Å². The van der Waals surface area contributed by atoms with Gasteiger partial charge in [0.1, 0.15) is 4.88 Å². The van der Waals surface area contributed by atoms with E-state index in [-0.39, 0.29) is 5.91 Å². The predicted octanol–water partition coefficient (Wildman–Crippen LogP) is 1.32. The van der Waals surface area contributed by atoms with Gasteiger partial charge in [0.2, 0.25) is 0 Å². The van der Waals surface area contributed by atoms with Crippen LogP contribution in [0.15, 0.2) is 6.20 Å². The van der Waals surface area contributed by atoms with Crippen LogP contribution < -0.4 is 10.6 Å². The fourth-order valence-electron chi connectivity index (χ4n) is 1.87. The molecule has 0 saturated carbocycles. The van der Waals surface area contributed by atoms with Crippen molar-refractivity contribution in [3.63, 3.8) is 0 Å². The Morgan fingerprint density at radius 1 is 1.69 bits per heavy atom. The number of hydrogen-bond donors (Lipinski definition) is 2. The van der Waals surface area contributed by atoms with Gasteiger partial charge >= 0.3 is 0 Å².